The largest absolute Gasteiger partial charge is 0.467 e. The molecule has 264 valence electrons. The predicted octanol–water partition coefficient (Wildman–Crippen LogP) is -4.46. The zero-order valence-corrected chi connectivity index (χ0v) is 26.7. The number of carbonyl (C=O) groups is 1. The predicted molar refractivity (Wildman–Crippen MR) is 167 cm³/mol. The summed E-state index contributed by atoms with van der Waals surface area (Å²) in [6.45, 7) is 3.07. The van der Waals surface area contributed by atoms with Crippen LogP contribution in [0.15, 0.2) is 16.8 Å². The van der Waals surface area contributed by atoms with Gasteiger partial charge in [0.2, 0.25) is 6.29 Å². The highest BCUT2D eigenvalue weighted by Gasteiger charge is 2.54. The topological polar surface area (TPSA) is 301 Å². The van der Waals surface area contributed by atoms with Gasteiger partial charge >= 0.3 is 0 Å². The van der Waals surface area contributed by atoms with Gasteiger partial charge in [-0.15, -0.1) is 0 Å². The lowest BCUT2D eigenvalue weighted by molar-refractivity contribution is -0.308. The number of aliphatic hydroxyl groups is 4. The van der Waals surface area contributed by atoms with Crippen LogP contribution in [0.3, 0.4) is 0 Å². The highest BCUT2D eigenvalue weighted by molar-refractivity contribution is 5.89. The van der Waals surface area contributed by atoms with E-state index in [2.05, 4.69) is 15.6 Å². The van der Waals surface area contributed by atoms with Gasteiger partial charge < -0.3 is 78.7 Å². The molecule has 3 fully saturated rings. The van der Waals surface area contributed by atoms with Crippen molar-refractivity contribution >= 4 is 11.7 Å². The van der Waals surface area contributed by atoms with E-state index in [1.54, 1.807) is 7.05 Å². The maximum absolute atomic E-state index is 13.4. The van der Waals surface area contributed by atoms with Gasteiger partial charge in [-0.1, -0.05) is 0 Å². The number of Topliss-reactive ketones (excluding diaryl/α,β-unsaturated/α-hetero) is 1. The van der Waals surface area contributed by atoms with Gasteiger partial charge in [-0.3, -0.25) is 9.79 Å². The summed E-state index contributed by atoms with van der Waals surface area (Å²) in [6, 6.07) is -2.51. The molecule has 4 aliphatic rings. The number of nitrogens with one attached hydrogen (secondary N) is 2. The number of guanidine groups is 1. The number of likely N-dealkylation sites (N-methyl/N-ethyl adjacent to an activating group) is 1. The molecule has 0 radical (unpaired) electrons. The van der Waals surface area contributed by atoms with Crippen LogP contribution in [0.25, 0.3) is 0 Å². The van der Waals surface area contributed by atoms with E-state index in [1.165, 1.54) is 6.92 Å². The lowest BCUT2D eigenvalue weighted by atomic mass is 9.69. The molecule has 17 heteroatoms. The van der Waals surface area contributed by atoms with Gasteiger partial charge in [0.15, 0.2) is 18.0 Å². The fourth-order valence-corrected chi connectivity index (χ4v) is 6.81. The van der Waals surface area contributed by atoms with E-state index in [-0.39, 0.29) is 44.3 Å². The lowest BCUT2D eigenvalue weighted by Crippen LogP contribution is -2.67. The monoisotopic (exact) mass is 658 g/mol. The first kappa shape index (κ1) is 36.8. The van der Waals surface area contributed by atoms with E-state index in [0.717, 1.165) is 6.42 Å². The number of nitrogens with zero attached hydrogens (tertiary/aromatic N) is 1. The van der Waals surface area contributed by atoms with Gasteiger partial charge in [-0.2, -0.15) is 0 Å². The molecule has 0 aromatic rings. The van der Waals surface area contributed by atoms with Gasteiger partial charge in [0.05, 0.1) is 37.4 Å². The maximum Gasteiger partial charge on any atom is 0.215 e. The van der Waals surface area contributed by atoms with E-state index in [9.17, 15) is 25.2 Å². The van der Waals surface area contributed by atoms with Crippen LogP contribution in [0.2, 0.25) is 0 Å². The summed E-state index contributed by atoms with van der Waals surface area (Å²) >= 11 is 0. The number of aliphatic imine (C=N–C) groups is 1. The molecule has 46 heavy (non-hydrogen) atoms. The normalized spacial score (nSPS) is 42.8. The van der Waals surface area contributed by atoms with Crippen molar-refractivity contribution in [2.24, 2.45) is 39.6 Å². The average Bonchev–Trinajstić information content (AvgIpc) is 2.96. The smallest absolute Gasteiger partial charge is 0.215 e. The van der Waals surface area contributed by atoms with Crippen molar-refractivity contribution in [3.05, 3.63) is 11.8 Å². The summed E-state index contributed by atoms with van der Waals surface area (Å²) < 4.78 is 24.2. The van der Waals surface area contributed by atoms with E-state index < -0.39 is 78.0 Å². The van der Waals surface area contributed by atoms with Gasteiger partial charge in [-0.25, -0.2) is 0 Å². The molecule has 16 N–H and O–H groups in total. The molecule has 1 unspecified atom stereocenters. The van der Waals surface area contributed by atoms with Crippen LogP contribution in [-0.2, 0) is 23.7 Å². The van der Waals surface area contributed by atoms with Crippen LogP contribution < -0.4 is 39.3 Å². The summed E-state index contributed by atoms with van der Waals surface area (Å²) in [5.74, 6) is -0.659. The van der Waals surface area contributed by atoms with Crippen LogP contribution in [0, 0.1) is 5.92 Å². The number of hydrogen-bond acceptors (Lipinski definition) is 15. The van der Waals surface area contributed by atoms with E-state index in [4.69, 9.17) is 47.6 Å². The standard InChI is InChI=1S/C29H54N8O9/c1-28(41)13-43-26(21(40)24(28)35-2)45-22-14(9-19(38)29(42)10-15(11-29)37-27(33)34)8-18(32)23(20(22)39)46-25-17(31)5-4-16(44-25)12-36-7-3-6-30/h4,14-15,17-18,20-26,35-36,39-42H,3,5-13,30-32H2,1-2H3,(H4,33,34,37)/t14-,15?,17+,18-,20+,21+,22-,23?,24+,25+,26+,28-,29?/m0/s1. The molecule has 0 bridgehead atoms. The zero-order chi connectivity index (χ0) is 33.8. The second-order valence-corrected chi connectivity index (χ2v) is 13.3. The number of rotatable bonds is 14. The van der Waals surface area contributed by atoms with E-state index in [0.29, 0.717) is 31.8 Å². The number of carbonyl (C=O) groups excluding carboxylic acids is 1. The summed E-state index contributed by atoms with van der Waals surface area (Å²) in [4.78, 5) is 17.4. The minimum absolute atomic E-state index is 0.0551. The molecule has 0 spiro atoms. The van der Waals surface area contributed by atoms with E-state index in [1.807, 2.05) is 6.08 Å². The van der Waals surface area contributed by atoms with Crippen molar-refractivity contribution in [1.82, 2.24) is 10.6 Å². The van der Waals surface area contributed by atoms with Gasteiger partial charge in [-0.05, 0) is 58.3 Å². The second-order valence-electron chi connectivity index (χ2n) is 13.3. The third-order valence-electron chi connectivity index (χ3n) is 9.40. The second kappa shape index (κ2) is 15.5. The van der Waals surface area contributed by atoms with Crippen LogP contribution in [-0.4, -0.2) is 138 Å². The first-order valence-corrected chi connectivity index (χ1v) is 16.0. The molecule has 0 aromatic carbocycles. The highest BCUT2D eigenvalue weighted by atomic mass is 16.7. The molecule has 2 aliphatic carbocycles. The number of aliphatic hydroxyl groups excluding tert-OH is 2. The lowest BCUT2D eigenvalue weighted by Gasteiger charge is -2.49. The molecule has 2 saturated carbocycles. The van der Waals surface area contributed by atoms with Crippen molar-refractivity contribution in [2.45, 2.75) is 118 Å². The Kier molecular flexibility index (Phi) is 12.4. The maximum atomic E-state index is 13.4. The quantitative estimate of drug-likeness (QED) is 0.0476. The molecule has 11 atom stereocenters. The Labute approximate surface area is 269 Å². The molecular weight excluding hydrogens is 604 g/mol. The zero-order valence-electron chi connectivity index (χ0n) is 26.7. The molecule has 17 nitrogen and oxygen atoms in total. The minimum Gasteiger partial charge on any atom is -0.467 e. The van der Waals surface area contributed by atoms with Crippen molar-refractivity contribution in [3.63, 3.8) is 0 Å². The van der Waals surface area contributed by atoms with Crippen LogP contribution >= 0.6 is 0 Å². The van der Waals surface area contributed by atoms with Gasteiger partial charge in [0, 0.05) is 25.3 Å². The molecule has 0 amide bonds. The fraction of sp³-hybridized carbons (Fsp3) is 0.862. The number of ketones is 1. The molecular formula is C29H54N8O9. The summed E-state index contributed by atoms with van der Waals surface area (Å²) in [6.07, 6.45) is -3.86. The Morgan fingerprint density at radius 2 is 1.80 bits per heavy atom. The van der Waals surface area contributed by atoms with Gasteiger partial charge in [0.1, 0.15) is 35.3 Å². The molecule has 0 aromatic heterocycles. The molecule has 1 saturated heterocycles. The average molecular weight is 659 g/mol. The minimum atomic E-state index is -1.64. The van der Waals surface area contributed by atoms with Crippen molar-refractivity contribution in [2.75, 3.05) is 33.3 Å². The number of ether oxygens (including phenoxy) is 4. The summed E-state index contributed by atoms with van der Waals surface area (Å²) in [5, 5.41) is 50.7. The SMILES string of the molecule is CN[C@@H]1[C@@H](O)[C@@H](O[C@H]2[C@H](CC(=O)C3(O)CC(N=C(N)N)C3)C[C@H](N)C(O[C@H]3OC(CNCCCN)=CC[C@H]3N)[C@@H]2O)OC[C@]1(C)O. The Bertz CT molecular complexity index is 1090. The third-order valence-corrected chi connectivity index (χ3v) is 9.40. The Balaban J connectivity index is 1.50. The van der Waals surface area contributed by atoms with E-state index >= 15 is 0 Å². The number of hydrogen-bond donors (Lipinski definition) is 11. The molecule has 2 aliphatic heterocycles. The van der Waals surface area contributed by atoms with Crippen molar-refractivity contribution in [1.29, 1.82) is 0 Å². The summed E-state index contributed by atoms with van der Waals surface area (Å²) in [7, 11) is 1.59. The van der Waals surface area contributed by atoms with Crippen molar-refractivity contribution < 1.29 is 44.2 Å². The molecule has 2 heterocycles. The van der Waals surface area contributed by atoms with Crippen LogP contribution in [0.4, 0.5) is 0 Å². The Hall–Kier alpha value is -2.00. The Morgan fingerprint density at radius 1 is 1.11 bits per heavy atom. The first-order valence-electron chi connectivity index (χ1n) is 16.0. The van der Waals surface area contributed by atoms with Crippen molar-refractivity contribution in [3.8, 4) is 0 Å². The third kappa shape index (κ3) is 8.53. The van der Waals surface area contributed by atoms with Crippen LogP contribution in [0.5, 0.6) is 0 Å². The fourth-order valence-electron chi connectivity index (χ4n) is 6.81. The first-order chi connectivity index (χ1) is 21.7. The van der Waals surface area contributed by atoms with Gasteiger partial charge in [0.25, 0.3) is 0 Å². The van der Waals surface area contributed by atoms with Crippen LogP contribution in [0.1, 0.15) is 45.4 Å². The summed E-state index contributed by atoms with van der Waals surface area (Å²) in [5.41, 5.74) is 26.3. The highest BCUT2D eigenvalue weighted by Crippen LogP contribution is 2.41. The Morgan fingerprint density at radius 3 is 2.46 bits per heavy atom. The molecule has 4 rings (SSSR count). The number of nitrogens with two attached hydrogens (primary N) is 5.